The van der Waals surface area contributed by atoms with E-state index in [1.807, 2.05) is 0 Å². The molecule has 0 spiro atoms. The lowest BCUT2D eigenvalue weighted by Gasteiger charge is -1.86. The van der Waals surface area contributed by atoms with Crippen molar-refractivity contribution in [3.8, 4) is 0 Å². The summed E-state index contributed by atoms with van der Waals surface area (Å²) in [6.07, 6.45) is 1.42. The normalized spacial score (nSPS) is 15.8. The Balaban J connectivity index is 3.03. The minimum Gasteiger partial charge on any atom is -0.389 e. The molecule has 0 aliphatic carbocycles. The lowest BCUT2D eigenvalue weighted by molar-refractivity contribution is 0.244. The van der Waals surface area contributed by atoms with Crippen molar-refractivity contribution < 1.29 is 5.11 Å². The van der Waals surface area contributed by atoms with Gasteiger partial charge >= 0.3 is 0 Å². The van der Waals surface area contributed by atoms with Crippen molar-refractivity contribution in [3.63, 3.8) is 0 Å². The molecule has 0 unspecified atom stereocenters. The molecule has 0 aliphatic heterocycles. The molecule has 0 aromatic heterocycles. The average Bonchev–Trinajstić information content (AvgIpc) is 1.35. The van der Waals surface area contributed by atoms with Crippen molar-refractivity contribution in [1.29, 1.82) is 0 Å². The molecule has 0 saturated heterocycles. The second-order valence-electron chi connectivity index (χ2n) is 1.06. The van der Waals surface area contributed by atoms with E-state index in [-0.39, 0.29) is 6.10 Å². The zero-order valence-corrected chi connectivity index (χ0v) is 5.71. The summed E-state index contributed by atoms with van der Waals surface area (Å²) in [5.41, 5.74) is 0. The first kappa shape index (κ1) is 6.43. The lowest BCUT2D eigenvalue weighted by atomic mass is 10.4. The molecule has 36 valence electrons. The zero-order valence-electron chi connectivity index (χ0n) is 3.56. The fourth-order valence-electron chi connectivity index (χ4n) is 0.105. The van der Waals surface area contributed by atoms with Crippen LogP contribution < -0.4 is 0 Å². The van der Waals surface area contributed by atoms with Gasteiger partial charge in [0.05, 0.1) is 6.10 Å². The highest BCUT2D eigenvalue weighted by atomic mass is 127. The average molecular weight is 198 g/mol. The molecule has 0 aromatic carbocycles. The van der Waals surface area contributed by atoms with Crippen molar-refractivity contribution in [2.75, 3.05) is 0 Å². The summed E-state index contributed by atoms with van der Waals surface area (Å²) in [5.74, 6) is 0. The number of rotatable bonds is 1. The molecule has 0 bridgehead atoms. The van der Waals surface area contributed by atoms with E-state index in [1.54, 1.807) is 17.1 Å². The Bertz CT molecular complexity index is 49.5. The molecule has 0 aromatic rings. The van der Waals surface area contributed by atoms with Crippen LogP contribution in [0.25, 0.3) is 0 Å². The molecular weight excluding hydrogens is 191 g/mol. The molecule has 0 aliphatic rings. The molecule has 0 radical (unpaired) electrons. The van der Waals surface area contributed by atoms with Crippen LogP contribution in [0.5, 0.6) is 0 Å². The van der Waals surface area contributed by atoms with Gasteiger partial charge in [-0.1, -0.05) is 28.7 Å². The molecule has 0 fully saturated rings. The number of halogens is 1. The van der Waals surface area contributed by atoms with E-state index in [9.17, 15) is 0 Å². The van der Waals surface area contributed by atoms with Crippen LogP contribution in [0.4, 0.5) is 0 Å². The summed E-state index contributed by atoms with van der Waals surface area (Å²) in [6, 6.07) is 0. The molecule has 1 atom stereocenters. The topological polar surface area (TPSA) is 20.2 Å². The summed E-state index contributed by atoms with van der Waals surface area (Å²) in [6.45, 7) is 1.72. The third kappa shape index (κ3) is 4.43. The first-order chi connectivity index (χ1) is 2.77. The van der Waals surface area contributed by atoms with E-state index >= 15 is 0 Å². The van der Waals surface area contributed by atoms with Crippen LogP contribution in [-0.4, -0.2) is 11.2 Å². The van der Waals surface area contributed by atoms with E-state index < -0.39 is 0 Å². The Morgan fingerprint density at radius 3 is 2.33 bits per heavy atom. The summed E-state index contributed by atoms with van der Waals surface area (Å²) >= 11 is 2.06. The molecule has 1 N–H and O–H groups in total. The quantitative estimate of drug-likeness (QED) is 0.630. The van der Waals surface area contributed by atoms with Gasteiger partial charge in [0.25, 0.3) is 0 Å². The van der Waals surface area contributed by atoms with E-state index in [0.29, 0.717) is 0 Å². The van der Waals surface area contributed by atoms with E-state index in [0.717, 1.165) is 0 Å². The van der Waals surface area contributed by atoms with Gasteiger partial charge in [-0.15, -0.1) is 0 Å². The minimum absolute atomic E-state index is 0.290. The van der Waals surface area contributed by atoms with Gasteiger partial charge in [0.1, 0.15) is 0 Å². The Kier molecular flexibility index (Phi) is 3.87. The van der Waals surface area contributed by atoms with Gasteiger partial charge in [-0.3, -0.25) is 0 Å². The van der Waals surface area contributed by atoms with Crippen LogP contribution in [0, 0.1) is 0 Å². The second kappa shape index (κ2) is 3.61. The molecule has 0 heterocycles. The van der Waals surface area contributed by atoms with E-state index in [1.165, 1.54) is 0 Å². The van der Waals surface area contributed by atoms with Gasteiger partial charge in [0.15, 0.2) is 0 Å². The Morgan fingerprint density at radius 2 is 2.33 bits per heavy atom. The minimum atomic E-state index is -0.290. The predicted octanol–water partition coefficient (Wildman–Crippen LogP) is 1.32. The first-order valence-corrected chi connectivity index (χ1v) is 2.97. The molecular formula is C4H7IO. The van der Waals surface area contributed by atoms with Crippen LogP contribution in [-0.2, 0) is 0 Å². The Hall–Kier alpha value is 0.430. The van der Waals surface area contributed by atoms with Crippen molar-refractivity contribution in [2.24, 2.45) is 0 Å². The third-order valence-corrected chi connectivity index (χ3v) is 0.766. The Morgan fingerprint density at radius 1 is 1.83 bits per heavy atom. The number of aliphatic hydroxyl groups excluding tert-OH is 1. The molecule has 1 nitrogen and oxygen atoms in total. The highest BCUT2D eigenvalue weighted by Crippen LogP contribution is 1.87. The largest absolute Gasteiger partial charge is 0.389 e. The molecule has 0 amide bonds. The standard InChI is InChI=1S/C4H7IO/c1-4(6)2-3-5/h2-4,6H,1H3/b3-2+/t4-/m0/s1. The van der Waals surface area contributed by atoms with Crippen molar-refractivity contribution in [2.45, 2.75) is 13.0 Å². The van der Waals surface area contributed by atoms with Gasteiger partial charge in [-0.25, -0.2) is 0 Å². The highest BCUT2D eigenvalue weighted by molar-refractivity contribution is 14.1. The highest BCUT2D eigenvalue weighted by Gasteiger charge is 1.78. The van der Waals surface area contributed by atoms with Gasteiger partial charge in [-0.2, -0.15) is 0 Å². The SMILES string of the molecule is C[C@H](O)/C=C/I. The fourth-order valence-corrected chi connectivity index (χ4v) is 0.706. The summed E-state index contributed by atoms with van der Waals surface area (Å²) in [5, 5.41) is 8.46. The number of hydrogen-bond acceptors (Lipinski definition) is 1. The monoisotopic (exact) mass is 198 g/mol. The van der Waals surface area contributed by atoms with Gasteiger partial charge < -0.3 is 5.11 Å². The van der Waals surface area contributed by atoms with Gasteiger partial charge in [0, 0.05) is 0 Å². The molecule has 2 heteroatoms. The van der Waals surface area contributed by atoms with Crippen LogP contribution in [0.3, 0.4) is 0 Å². The molecule has 0 rings (SSSR count). The van der Waals surface area contributed by atoms with Crippen LogP contribution in [0.2, 0.25) is 0 Å². The predicted molar refractivity (Wildman–Crippen MR) is 34.8 cm³/mol. The summed E-state index contributed by atoms with van der Waals surface area (Å²) in [4.78, 5) is 0. The zero-order chi connectivity index (χ0) is 4.99. The third-order valence-electron chi connectivity index (χ3n) is 0.351. The smallest absolute Gasteiger partial charge is 0.0700 e. The molecule has 0 saturated carbocycles. The van der Waals surface area contributed by atoms with E-state index in [2.05, 4.69) is 22.6 Å². The fraction of sp³-hybridized carbons (Fsp3) is 0.500. The lowest BCUT2D eigenvalue weighted by Crippen LogP contribution is -1.89. The van der Waals surface area contributed by atoms with Gasteiger partial charge in [0.2, 0.25) is 0 Å². The Labute approximate surface area is 51.2 Å². The maximum absolute atomic E-state index is 8.46. The van der Waals surface area contributed by atoms with Crippen LogP contribution in [0.15, 0.2) is 10.2 Å². The van der Waals surface area contributed by atoms with Crippen LogP contribution >= 0.6 is 22.6 Å². The first-order valence-electron chi connectivity index (χ1n) is 1.72. The van der Waals surface area contributed by atoms with Gasteiger partial charge in [-0.05, 0) is 11.0 Å². The van der Waals surface area contributed by atoms with E-state index in [4.69, 9.17) is 5.11 Å². The van der Waals surface area contributed by atoms with Crippen molar-refractivity contribution in [1.82, 2.24) is 0 Å². The maximum Gasteiger partial charge on any atom is 0.0700 e. The summed E-state index contributed by atoms with van der Waals surface area (Å²) < 4.78 is 1.79. The summed E-state index contributed by atoms with van der Waals surface area (Å²) in [7, 11) is 0. The van der Waals surface area contributed by atoms with Crippen molar-refractivity contribution >= 4 is 22.6 Å². The maximum atomic E-state index is 8.46. The number of aliphatic hydroxyl groups is 1. The molecule has 6 heavy (non-hydrogen) atoms. The second-order valence-corrected chi connectivity index (χ2v) is 1.78. The number of hydrogen-bond donors (Lipinski definition) is 1. The van der Waals surface area contributed by atoms with Crippen LogP contribution in [0.1, 0.15) is 6.92 Å². The van der Waals surface area contributed by atoms with Crippen molar-refractivity contribution in [3.05, 3.63) is 10.2 Å².